The zero-order valence-corrected chi connectivity index (χ0v) is 12.7. The fourth-order valence-electron chi connectivity index (χ4n) is 1.42. The molecule has 0 radical (unpaired) electrons. The Kier molecular flexibility index (Phi) is 7.69. The van der Waals surface area contributed by atoms with Crippen molar-refractivity contribution in [3.05, 3.63) is 29.6 Å². The van der Waals surface area contributed by atoms with Crippen molar-refractivity contribution in [1.29, 1.82) is 0 Å². The van der Waals surface area contributed by atoms with Crippen molar-refractivity contribution in [3.8, 4) is 0 Å². The number of carbonyl (C=O) groups is 3. The third-order valence-electron chi connectivity index (χ3n) is 2.54. The lowest BCUT2D eigenvalue weighted by Crippen LogP contribution is -2.36. The van der Waals surface area contributed by atoms with Crippen molar-refractivity contribution in [3.63, 3.8) is 0 Å². The average molecular weight is 348 g/mol. The second-order valence-corrected chi connectivity index (χ2v) is 4.35. The summed E-state index contributed by atoms with van der Waals surface area (Å²) in [5.74, 6) is -7.08. The Bertz CT molecular complexity index is 625. The molecule has 1 aromatic rings. The van der Waals surface area contributed by atoms with Gasteiger partial charge in [0.15, 0.2) is 24.1 Å². The highest BCUT2D eigenvalue weighted by molar-refractivity contribution is 5.94. The predicted octanol–water partition coefficient (Wildman–Crippen LogP) is 0.738. The maximum absolute atomic E-state index is 13.3. The topological polar surface area (TPSA) is 93.7 Å². The largest absolute Gasteiger partial charge is 0.454 e. The Hall–Kier alpha value is -2.62. The minimum atomic E-state index is -1.72. The van der Waals surface area contributed by atoms with Crippen LogP contribution in [-0.2, 0) is 23.9 Å². The van der Waals surface area contributed by atoms with Crippen molar-refractivity contribution >= 4 is 23.5 Å². The highest BCUT2D eigenvalue weighted by Crippen LogP contribution is 2.19. The van der Waals surface area contributed by atoms with E-state index >= 15 is 0 Å². The van der Waals surface area contributed by atoms with Crippen molar-refractivity contribution in [2.24, 2.45) is 0 Å². The maximum Gasteiger partial charge on any atom is 0.332 e. The number of esters is 1. The molecule has 0 atom stereocenters. The van der Waals surface area contributed by atoms with Gasteiger partial charge in [0, 0.05) is 6.61 Å². The highest BCUT2D eigenvalue weighted by Gasteiger charge is 2.15. The summed E-state index contributed by atoms with van der Waals surface area (Å²) in [7, 11) is 0. The molecule has 7 nitrogen and oxygen atoms in total. The van der Waals surface area contributed by atoms with Gasteiger partial charge in [-0.3, -0.25) is 9.59 Å². The van der Waals surface area contributed by atoms with E-state index in [4.69, 9.17) is 4.74 Å². The quantitative estimate of drug-likeness (QED) is 0.534. The van der Waals surface area contributed by atoms with E-state index in [-0.39, 0.29) is 6.61 Å². The maximum atomic E-state index is 13.3. The summed E-state index contributed by atoms with van der Waals surface area (Å²) in [5.41, 5.74) is -0.573. The van der Waals surface area contributed by atoms with E-state index in [1.165, 1.54) is 0 Å². The smallest absolute Gasteiger partial charge is 0.332 e. The van der Waals surface area contributed by atoms with Crippen LogP contribution in [0.2, 0.25) is 0 Å². The first-order valence-electron chi connectivity index (χ1n) is 6.78. The van der Waals surface area contributed by atoms with E-state index < -0.39 is 54.1 Å². The van der Waals surface area contributed by atoms with Gasteiger partial charge in [0.1, 0.15) is 6.61 Å². The number of benzene rings is 1. The van der Waals surface area contributed by atoms with Crippen LogP contribution in [0.4, 0.5) is 18.9 Å². The first kappa shape index (κ1) is 19.4. The van der Waals surface area contributed by atoms with Gasteiger partial charge in [-0.05, 0) is 19.1 Å². The minimum Gasteiger partial charge on any atom is -0.454 e. The van der Waals surface area contributed by atoms with Crippen LogP contribution in [0.3, 0.4) is 0 Å². The van der Waals surface area contributed by atoms with Crippen LogP contribution in [0.25, 0.3) is 0 Å². The standard InChI is InChI=1S/C14H15F3N2O5/c1-2-23-7-12(22)24-6-11(21)18-5-10(20)19-9-4-3-8(15)13(16)14(9)17/h3-4H,2,5-7H2,1H3,(H,18,21)(H,19,20). The SMILES string of the molecule is CCOCC(=O)OCC(=O)NCC(=O)Nc1ccc(F)c(F)c1F. The molecule has 0 heterocycles. The zero-order valence-electron chi connectivity index (χ0n) is 12.7. The fraction of sp³-hybridized carbons (Fsp3) is 0.357. The Morgan fingerprint density at radius 1 is 1.04 bits per heavy atom. The number of ether oxygens (including phenoxy) is 2. The van der Waals surface area contributed by atoms with Crippen LogP contribution in [0, 0.1) is 17.5 Å². The van der Waals surface area contributed by atoms with Crippen LogP contribution in [0.5, 0.6) is 0 Å². The van der Waals surface area contributed by atoms with Crippen LogP contribution in [0.15, 0.2) is 12.1 Å². The zero-order chi connectivity index (χ0) is 18.1. The summed E-state index contributed by atoms with van der Waals surface area (Å²) < 4.78 is 48.4. The van der Waals surface area contributed by atoms with Gasteiger partial charge >= 0.3 is 5.97 Å². The number of halogens is 3. The molecular weight excluding hydrogens is 333 g/mol. The van der Waals surface area contributed by atoms with Crippen molar-refractivity contribution in [2.75, 3.05) is 31.7 Å². The van der Waals surface area contributed by atoms with Crippen molar-refractivity contribution in [2.45, 2.75) is 6.92 Å². The molecule has 0 aromatic heterocycles. The molecule has 2 amide bonds. The van der Waals surface area contributed by atoms with Gasteiger partial charge in [0.05, 0.1) is 12.2 Å². The predicted molar refractivity (Wildman–Crippen MR) is 75.4 cm³/mol. The Balaban J connectivity index is 2.37. The van der Waals surface area contributed by atoms with E-state index in [0.717, 1.165) is 6.07 Å². The molecule has 0 spiro atoms. The normalized spacial score (nSPS) is 10.2. The molecule has 0 unspecified atom stereocenters. The molecule has 0 saturated heterocycles. The molecule has 1 rings (SSSR count). The van der Waals surface area contributed by atoms with Gasteiger partial charge in [0.2, 0.25) is 5.91 Å². The van der Waals surface area contributed by atoms with Crippen LogP contribution in [-0.4, -0.2) is 44.1 Å². The van der Waals surface area contributed by atoms with Gasteiger partial charge in [0.25, 0.3) is 5.91 Å². The molecule has 132 valence electrons. The molecule has 0 aliphatic heterocycles. The van der Waals surface area contributed by atoms with Gasteiger partial charge in [-0.2, -0.15) is 0 Å². The van der Waals surface area contributed by atoms with E-state index in [9.17, 15) is 27.6 Å². The molecule has 10 heteroatoms. The van der Waals surface area contributed by atoms with Gasteiger partial charge in [-0.25, -0.2) is 18.0 Å². The summed E-state index contributed by atoms with van der Waals surface area (Å²) in [6, 6.07) is 1.48. The molecular formula is C14H15F3N2O5. The average Bonchev–Trinajstić information content (AvgIpc) is 2.56. The van der Waals surface area contributed by atoms with E-state index in [0.29, 0.717) is 12.7 Å². The number of anilines is 1. The third-order valence-corrected chi connectivity index (χ3v) is 2.54. The number of hydrogen-bond donors (Lipinski definition) is 2. The first-order chi connectivity index (χ1) is 11.3. The van der Waals surface area contributed by atoms with Gasteiger partial charge in [-0.1, -0.05) is 0 Å². The minimum absolute atomic E-state index is 0.306. The van der Waals surface area contributed by atoms with Crippen LogP contribution >= 0.6 is 0 Å². The monoisotopic (exact) mass is 348 g/mol. The fourth-order valence-corrected chi connectivity index (χ4v) is 1.42. The van der Waals surface area contributed by atoms with Gasteiger partial charge in [-0.15, -0.1) is 0 Å². The van der Waals surface area contributed by atoms with Crippen molar-refractivity contribution < 1.29 is 37.0 Å². The Morgan fingerprint density at radius 3 is 2.42 bits per heavy atom. The molecule has 24 heavy (non-hydrogen) atoms. The summed E-state index contributed by atoms with van der Waals surface area (Å²) in [4.78, 5) is 33.9. The molecule has 0 bridgehead atoms. The third kappa shape index (κ3) is 6.24. The molecule has 0 aliphatic carbocycles. The lowest BCUT2D eigenvalue weighted by atomic mass is 10.2. The lowest BCUT2D eigenvalue weighted by molar-refractivity contribution is -0.152. The number of rotatable bonds is 8. The number of nitrogens with one attached hydrogen (secondary N) is 2. The van der Waals surface area contributed by atoms with E-state index in [2.05, 4.69) is 10.1 Å². The van der Waals surface area contributed by atoms with Crippen molar-refractivity contribution in [1.82, 2.24) is 5.32 Å². The van der Waals surface area contributed by atoms with E-state index in [1.54, 1.807) is 6.92 Å². The second-order valence-electron chi connectivity index (χ2n) is 4.35. The highest BCUT2D eigenvalue weighted by atomic mass is 19.2. The molecule has 0 saturated carbocycles. The molecule has 0 aliphatic rings. The van der Waals surface area contributed by atoms with E-state index in [1.807, 2.05) is 5.32 Å². The molecule has 2 N–H and O–H groups in total. The summed E-state index contributed by atoms with van der Waals surface area (Å²) in [6.45, 7) is 0.467. The Morgan fingerprint density at radius 2 is 1.75 bits per heavy atom. The van der Waals surface area contributed by atoms with Crippen LogP contribution < -0.4 is 10.6 Å². The number of hydrogen-bond acceptors (Lipinski definition) is 5. The number of amides is 2. The lowest BCUT2D eigenvalue weighted by Gasteiger charge is -2.09. The Labute approximate surface area is 135 Å². The van der Waals surface area contributed by atoms with Gasteiger partial charge < -0.3 is 20.1 Å². The molecule has 0 fully saturated rings. The summed E-state index contributed by atoms with van der Waals surface area (Å²) in [6.07, 6.45) is 0. The van der Waals surface area contributed by atoms with Crippen LogP contribution in [0.1, 0.15) is 6.92 Å². The summed E-state index contributed by atoms with van der Waals surface area (Å²) in [5, 5.41) is 4.06. The first-order valence-corrected chi connectivity index (χ1v) is 6.78. The number of carbonyl (C=O) groups excluding carboxylic acids is 3. The molecule has 1 aromatic carbocycles. The second kappa shape index (κ2) is 9.50. The summed E-state index contributed by atoms with van der Waals surface area (Å²) >= 11 is 0.